The number of hydrogen-bond acceptors (Lipinski definition) is 4. The first-order valence-electron chi connectivity index (χ1n) is 6.59. The third-order valence-electron chi connectivity index (χ3n) is 4.29. The van der Waals surface area contributed by atoms with Gasteiger partial charge in [-0.3, -0.25) is 15.0 Å². The Morgan fingerprint density at radius 1 is 1.24 bits per heavy atom. The number of hydrogen-bond donors (Lipinski definition) is 0. The molecule has 2 fully saturated rings. The van der Waals surface area contributed by atoms with Crippen molar-refractivity contribution in [3.63, 3.8) is 0 Å². The number of benzene rings is 1. The van der Waals surface area contributed by atoms with E-state index in [1.54, 1.807) is 0 Å². The first-order chi connectivity index (χ1) is 9.75. The second kappa shape index (κ2) is 4.59. The highest BCUT2D eigenvalue weighted by Crippen LogP contribution is 2.39. The lowest BCUT2D eigenvalue weighted by molar-refractivity contribution is -0.385. The number of nitro groups is 1. The molecule has 2 heterocycles. The highest BCUT2D eigenvalue weighted by molar-refractivity contribution is 5.58. The maximum Gasteiger partial charge on any atom is 0.416 e. The van der Waals surface area contributed by atoms with Gasteiger partial charge in [0.05, 0.1) is 10.5 Å². The van der Waals surface area contributed by atoms with Crippen molar-refractivity contribution in [1.82, 2.24) is 4.90 Å². The molecular weight excluding hydrogens is 287 g/mol. The van der Waals surface area contributed by atoms with E-state index in [1.165, 1.54) is 6.07 Å². The maximum atomic E-state index is 12.9. The maximum absolute atomic E-state index is 12.9. The second-order valence-corrected chi connectivity index (χ2v) is 5.63. The van der Waals surface area contributed by atoms with Crippen LogP contribution in [-0.4, -0.2) is 42.0 Å². The molecule has 1 aromatic carbocycles. The number of nitro benzene ring substituents is 1. The quantitative estimate of drug-likeness (QED) is 0.622. The fourth-order valence-electron chi connectivity index (χ4n) is 3.21. The van der Waals surface area contributed by atoms with Gasteiger partial charge < -0.3 is 4.90 Å². The van der Waals surface area contributed by atoms with Crippen LogP contribution in [0.4, 0.5) is 24.5 Å². The molecule has 0 unspecified atom stereocenters. The number of fused-ring (bicyclic) bond motifs is 2. The van der Waals surface area contributed by atoms with E-state index >= 15 is 0 Å². The number of likely N-dealkylation sites (N-methyl/N-ethyl adjacent to an activating group) is 1. The highest BCUT2D eigenvalue weighted by Gasteiger charge is 2.42. The lowest BCUT2D eigenvalue weighted by Crippen LogP contribution is -2.44. The smallest absolute Gasteiger partial charge is 0.365 e. The predicted octanol–water partition coefficient (Wildman–Crippen LogP) is 2.51. The van der Waals surface area contributed by atoms with Crippen molar-refractivity contribution in [2.75, 3.05) is 25.0 Å². The molecule has 0 radical (unpaired) electrons. The topological polar surface area (TPSA) is 49.6 Å². The number of rotatable bonds is 2. The van der Waals surface area contributed by atoms with Crippen LogP contribution in [-0.2, 0) is 6.18 Å². The van der Waals surface area contributed by atoms with E-state index < -0.39 is 22.4 Å². The first kappa shape index (κ1) is 14.1. The number of likely N-dealkylation sites (tertiary alicyclic amines) is 1. The average molecular weight is 301 g/mol. The molecule has 1 aromatic rings. The molecule has 8 heteroatoms. The number of alkyl halides is 3. The van der Waals surface area contributed by atoms with Crippen molar-refractivity contribution in [3.8, 4) is 0 Å². The van der Waals surface area contributed by atoms with E-state index in [2.05, 4.69) is 4.90 Å². The number of anilines is 1. The van der Waals surface area contributed by atoms with Crippen LogP contribution in [0.3, 0.4) is 0 Å². The van der Waals surface area contributed by atoms with Gasteiger partial charge in [-0.25, -0.2) is 0 Å². The summed E-state index contributed by atoms with van der Waals surface area (Å²) in [6.45, 7) is 1.38. The molecule has 0 N–H and O–H groups in total. The Labute approximate surface area is 119 Å². The molecule has 2 aliphatic rings. The summed E-state index contributed by atoms with van der Waals surface area (Å²) in [5.74, 6) is 0. The van der Waals surface area contributed by atoms with Crippen molar-refractivity contribution in [2.24, 2.45) is 0 Å². The van der Waals surface area contributed by atoms with E-state index in [9.17, 15) is 23.3 Å². The third-order valence-corrected chi connectivity index (χ3v) is 4.29. The summed E-state index contributed by atoms with van der Waals surface area (Å²) in [5.41, 5.74) is -1.20. The zero-order chi connectivity index (χ0) is 15.4. The molecule has 2 bridgehead atoms. The molecule has 3 rings (SSSR count). The molecule has 0 aromatic heterocycles. The summed E-state index contributed by atoms with van der Waals surface area (Å²) < 4.78 is 38.7. The van der Waals surface area contributed by atoms with Crippen LogP contribution in [0.25, 0.3) is 0 Å². The minimum atomic E-state index is -4.59. The highest BCUT2D eigenvalue weighted by atomic mass is 19.4. The molecule has 0 amide bonds. The summed E-state index contributed by atoms with van der Waals surface area (Å²) in [7, 11) is 1.98. The van der Waals surface area contributed by atoms with Crippen LogP contribution in [0, 0.1) is 10.1 Å². The predicted molar refractivity (Wildman–Crippen MR) is 70.3 cm³/mol. The SMILES string of the molecule is CN1C[C@@H]2C[C@H]1CN2c1cc([N+](=O)[O-])cc(C(F)(F)F)c1. The van der Waals surface area contributed by atoms with Crippen molar-refractivity contribution in [2.45, 2.75) is 24.7 Å². The molecule has 5 nitrogen and oxygen atoms in total. The molecule has 0 saturated carbocycles. The minimum absolute atomic E-state index is 0.128. The Morgan fingerprint density at radius 3 is 2.43 bits per heavy atom. The fraction of sp³-hybridized carbons (Fsp3) is 0.538. The van der Waals surface area contributed by atoms with Gasteiger partial charge >= 0.3 is 6.18 Å². The van der Waals surface area contributed by atoms with Gasteiger partial charge in [0.2, 0.25) is 0 Å². The lowest BCUT2D eigenvalue weighted by Gasteiger charge is -2.33. The van der Waals surface area contributed by atoms with Crippen molar-refractivity contribution >= 4 is 11.4 Å². The van der Waals surface area contributed by atoms with E-state index in [1.807, 2.05) is 11.9 Å². The molecule has 2 atom stereocenters. The van der Waals surface area contributed by atoms with E-state index in [4.69, 9.17) is 0 Å². The zero-order valence-electron chi connectivity index (χ0n) is 11.3. The number of halogens is 3. The monoisotopic (exact) mass is 301 g/mol. The summed E-state index contributed by atoms with van der Waals surface area (Å²) in [6, 6.07) is 3.26. The lowest BCUT2D eigenvalue weighted by atomic mass is 10.1. The molecule has 0 aliphatic carbocycles. The fourth-order valence-corrected chi connectivity index (χ4v) is 3.21. The summed E-state index contributed by atoms with van der Waals surface area (Å²) in [5, 5.41) is 10.9. The Hall–Kier alpha value is -1.83. The van der Waals surface area contributed by atoms with Crippen LogP contribution in [0.15, 0.2) is 18.2 Å². The largest absolute Gasteiger partial charge is 0.416 e. The van der Waals surface area contributed by atoms with Gasteiger partial charge in [0.15, 0.2) is 0 Å². The van der Waals surface area contributed by atoms with Crippen molar-refractivity contribution < 1.29 is 18.1 Å². The molecule has 2 saturated heterocycles. The van der Waals surface area contributed by atoms with Crippen molar-refractivity contribution in [1.29, 1.82) is 0 Å². The molecule has 2 aliphatic heterocycles. The van der Waals surface area contributed by atoms with Crippen LogP contribution < -0.4 is 4.90 Å². The molecule has 0 spiro atoms. The molecule has 114 valence electrons. The van der Waals surface area contributed by atoms with Crippen molar-refractivity contribution in [3.05, 3.63) is 33.9 Å². The Bertz CT molecular complexity index is 589. The summed E-state index contributed by atoms with van der Waals surface area (Å²) >= 11 is 0. The van der Waals surface area contributed by atoms with Gasteiger partial charge in [-0.2, -0.15) is 13.2 Å². The second-order valence-electron chi connectivity index (χ2n) is 5.63. The molecule has 21 heavy (non-hydrogen) atoms. The van der Waals surface area contributed by atoms with Gasteiger partial charge in [0.25, 0.3) is 5.69 Å². The van der Waals surface area contributed by atoms with Gasteiger partial charge in [-0.05, 0) is 19.5 Å². The number of piperazine rings is 1. The minimum Gasteiger partial charge on any atom is -0.365 e. The number of non-ortho nitro benzene ring substituents is 1. The van der Waals surface area contributed by atoms with Crippen LogP contribution in [0.5, 0.6) is 0 Å². The standard InChI is InChI=1S/C13H14F3N3O2/c1-17-6-12-5-11(17)7-18(12)9-2-8(13(14,15)16)3-10(4-9)19(20)21/h2-4,11-12H,5-7H2,1H3/t11-,12-/m0/s1. The normalized spacial score (nSPS) is 25.6. The summed E-state index contributed by atoms with van der Waals surface area (Å²) in [6.07, 6.45) is -3.70. The molecular formula is C13H14F3N3O2. The zero-order valence-corrected chi connectivity index (χ0v) is 11.3. The van der Waals surface area contributed by atoms with Gasteiger partial charge in [0, 0.05) is 43.0 Å². The van der Waals surface area contributed by atoms with Gasteiger partial charge in [-0.15, -0.1) is 0 Å². The van der Waals surface area contributed by atoms with Crippen LogP contribution in [0.2, 0.25) is 0 Å². The summed E-state index contributed by atoms with van der Waals surface area (Å²) in [4.78, 5) is 14.1. The average Bonchev–Trinajstić information content (AvgIpc) is 2.96. The van der Waals surface area contributed by atoms with Gasteiger partial charge in [-0.1, -0.05) is 0 Å². The number of nitrogens with zero attached hydrogens (tertiary/aromatic N) is 3. The van der Waals surface area contributed by atoms with E-state index in [0.29, 0.717) is 18.7 Å². The third kappa shape index (κ3) is 2.44. The first-order valence-corrected chi connectivity index (χ1v) is 6.59. The van der Waals surface area contributed by atoms with E-state index in [-0.39, 0.29) is 11.7 Å². The van der Waals surface area contributed by atoms with Crippen LogP contribution >= 0.6 is 0 Å². The van der Waals surface area contributed by atoms with Crippen LogP contribution in [0.1, 0.15) is 12.0 Å². The Morgan fingerprint density at radius 2 is 1.95 bits per heavy atom. The van der Waals surface area contributed by atoms with E-state index in [0.717, 1.165) is 19.0 Å². The Kier molecular flexibility index (Phi) is 3.09. The van der Waals surface area contributed by atoms with Gasteiger partial charge in [0.1, 0.15) is 0 Å². The Balaban J connectivity index is 1.99.